The van der Waals surface area contributed by atoms with E-state index in [1.165, 1.54) is 321 Å². The van der Waals surface area contributed by atoms with Crippen LogP contribution in [0.15, 0.2) is 0 Å². The number of piperazine rings is 1. The van der Waals surface area contributed by atoms with Crippen LogP contribution in [0, 0.1) is 11.8 Å². The summed E-state index contributed by atoms with van der Waals surface area (Å²) in [6, 6.07) is -0.941. The molecule has 0 aromatic rings. The van der Waals surface area contributed by atoms with Crippen LogP contribution in [0.1, 0.15) is 414 Å². The molecule has 6 atom stereocenters. The van der Waals surface area contributed by atoms with Crippen LogP contribution in [-0.4, -0.2) is 95.4 Å². The van der Waals surface area contributed by atoms with Crippen LogP contribution < -0.4 is 10.6 Å². The topological polar surface area (TPSA) is 105 Å². The molecule has 1 heterocycles. The number of aliphatic hydroxyl groups excluding tert-OH is 2. The minimum atomic E-state index is -0.492. The quantitative estimate of drug-likeness (QED) is 0.0452. The van der Waals surface area contributed by atoms with Gasteiger partial charge in [-0.3, -0.25) is 14.5 Å². The van der Waals surface area contributed by atoms with Crippen LogP contribution >= 0.6 is 0 Å². The maximum atomic E-state index is 13.5. The molecule has 1 fully saturated rings. The molecule has 1 aliphatic rings. The van der Waals surface area contributed by atoms with Gasteiger partial charge in [-0.15, -0.1) is 0 Å². The Morgan fingerprint density at radius 1 is 0.291 bits per heavy atom. The maximum absolute atomic E-state index is 13.5. The fourth-order valence-electron chi connectivity index (χ4n) is 13.9. The van der Waals surface area contributed by atoms with E-state index >= 15 is 0 Å². The third-order valence-corrected chi connectivity index (χ3v) is 19.7. The minimum absolute atomic E-state index is 0.0259. The van der Waals surface area contributed by atoms with E-state index in [0.717, 1.165) is 64.5 Å². The van der Waals surface area contributed by atoms with E-state index in [0.29, 0.717) is 37.8 Å². The first-order valence-corrected chi connectivity index (χ1v) is 39.5. The standard InChI is InChI=1S/C78H156N4O4/c1-7-11-15-19-23-27-31-35-39-43-47-51-59-71(5)67-81(68-72(6)60-52-48-44-40-36-32-28-24-20-16-12-8-2)65-57-55-63-75-77(85)80-76(78(86)79-75)64-56-58-66-82(69-73(83)61-53-49-45-41-37-33-29-25-21-17-13-9-3)70-74(84)62-54-50-46-42-38-34-30-26-22-18-14-10-4/h71-76,83-84H,7-70H2,1-6H3,(H,79,86)(H,80,85). The molecule has 0 aromatic carbocycles. The SMILES string of the molecule is CCCCCCCCCCCCCCC(C)CN(CCCCC1NC(=O)C(CCCCN(CC(O)CCCCCCCCCCCCCC)CC(O)CCCCCCCCCCCCCC)NC1=O)CC(C)CCCCCCCCCCCCCC. The molecular formula is C78H156N4O4. The molecule has 0 spiro atoms. The van der Waals surface area contributed by atoms with Crippen LogP contribution in [0.4, 0.5) is 0 Å². The molecule has 0 saturated carbocycles. The van der Waals surface area contributed by atoms with Gasteiger partial charge in [0, 0.05) is 26.2 Å². The molecule has 0 aromatic heterocycles. The number of nitrogens with one attached hydrogen (secondary N) is 2. The molecule has 1 aliphatic heterocycles. The second kappa shape index (κ2) is 63.9. The van der Waals surface area contributed by atoms with Crippen molar-refractivity contribution in [2.45, 2.75) is 438 Å². The van der Waals surface area contributed by atoms with Crippen molar-refractivity contribution in [2.24, 2.45) is 11.8 Å². The highest BCUT2D eigenvalue weighted by Gasteiger charge is 2.33. The van der Waals surface area contributed by atoms with Gasteiger partial charge in [0.05, 0.1) is 12.2 Å². The molecule has 8 heteroatoms. The minimum Gasteiger partial charge on any atom is -0.392 e. The van der Waals surface area contributed by atoms with Crippen molar-refractivity contribution in [1.29, 1.82) is 0 Å². The van der Waals surface area contributed by atoms with Gasteiger partial charge < -0.3 is 25.7 Å². The molecule has 1 saturated heterocycles. The summed E-state index contributed by atoms with van der Waals surface area (Å²) >= 11 is 0. The fraction of sp³-hybridized carbons (Fsp3) is 0.974. The number of aliphatic hydroxyl groups is 2. The van der Waals surface area contributed by atoms with Crippen LogP contribution in [0.5, 0.6) is 0 Å². The lowest BCUT2D eigenvalue weighted by Gasteiger charge is -2.31. The summed E-state index contributed by atoms with van der Waals surface area (Å²) in [7, 11) is 0. The highest BCUT2D eigenvalue weighted by Crippen LogP contribution is 2.22. The Kier molecular flexibility index (Phi) is 61.5. The Bertz CT molecular complexity index is 1230. The molecule has 2 amide bonds. The molecule has 86 heavy (non-hydrogen) atoms. The number of hydrogen-bond acceptors (Lipinski definition) is 6. The van der Waals surface area contributed by atoms with Gasteiger partial charge in [0.2, 0.25) is 11.8 Å². The van der Waals surface area contributed by atoms with E-state index in [4.69, 9.17) is 0 Å². The normalized spacial score (nSPS) is 16.1. The molecular weight excluding hydrogens is 1060 g/mol. The molecule has 8 nitrogen and oxygen atoms in total. The van der Waals surface area contributed by atoms with Crippen LogP contribution in [0.3, 0.4) is 0 Å². The van der Waals surface area contributed by atoms with Crippen molar-refractivity contribution in [3.05, 3.63) is 0 Å². The fourth-order valence-corrected chi connectivity index (χ4v) is 13.9. The Balaban J connectivity index is 2.62. The first-order chi connectivity index (χ1) is 42.1. The van der Waals surface area contributed by atoms with Crippen molar-refractivity contribution in [1.82, 2.24) is 20.4 Å². The Hall–Kier alpha value is -1.22. The van der Waals surface area contributed by atoms with Gasteiger partial charge in [-0.1, -0.05) is 350 Å². The summed E-state index contributed by atoms with van der Waals surface area (Å²) < 4.78 is 0. The summed E-state index contributed by atoms with van der Waals surface area (Å²) in [5.74, 6) is 1.33. The summed E-state index contributed by atoms with van der Waals surface area (Å²) in [6.07, 6.45) is 73.6. The van der Waals surface area contributed by atoms with Gasteiger partial charge >= 0.3 is 0 Å². The van der Waals surface area contributed by atoms with Gasteiger partial charge in [-0.25, -0.2) is 0 Å². The van der Waals surface area contributed by atoms with Gasteiger partial charge in [-0.05, 0) is 89.1 Å². The van der Waals surface area contributed by atoms with E-state index in [1.807, 2.05) is 0 Å². The zero-order chi connectivity index (χ0) is 62.4. The Labute approximate surface area is 538 Å². The van der Waals surface area contributed by atoms with Crippen molar-refractivity contribution < 1.29 is 19.8 Å². The lowest BCUT2D eigenvalue weighted by atomic mass is 9.98. The smallest absolute Gasteiger partial charge is 0.243 e. The van der Waals surface area contributed by atoms with Gasteiger partial charge in [0.1, 0.15) is 12.1 Å². The summed E-state index contributed by atoms with van der Waals surface area (Å²) in [5.41, 5.74) is 0. The number of unbranched alkanes of at least 4 members (excludes halogenated alkanes) is 46. The Morgan fingerprint density at radius 2 is 0.500 bits per heavy atom. The maximum Gasteiger partial charge on any atom is 0.243 e. The van der Waals surface area contributed by atoms with Crippen molar-refractivity contribution >= 4 is 11.8 Å². The third-order valence-electron chi connectivity index (χ3n) is 19.7. The third kappa shape index (κ3) is 54.5. The largest absolute Gasteiger partial charge is 0.392 e. The molecule has 0 bridgehead atoms. The van der Waals surface area contributed by atoms with E-state index in [-0.39, 0.29) is 11.8 Å². The molecule has 0 aliphatic carbocycles. The summed E-state index contributed by atoms with van der Waals surface area (Å²) in [6.45, 7) is 19.5. The van der Waals surface area contributed by atoms with Crippen LogP contribution in [-0.2, 0) is 9.59 Å². The number of rotatable bonds is 70. The zero-order valence-corrected chi connectivity index (χ0v) is 59.3. The van der Waals surface area contributed by atoms with Crippen LogP contribution in [0.2, 0.25) is 0 Å². The molecule has 4 N–H and O–H groups in total. The first-order valence-electron chi connectivity index (χ1n) is 39.5. The second-order valence-electron chi connectivity index (χ2n) is 28.9. The number of nitrogens with zero attached hydrogens (tertiary/aromatic N) is 2. The molecule has 1 rings (SSSR count). The predicted octanol–water partition coefficient (Wildman–Crippen LogP) is 22.3. The van der Waals surface area contributed by atoms with E-state index in [9.17, 15) is 19.8 Å². The lowest BCUT2D eigenvalue weighted by Crippen LogP contribution is -2.61. The molecule has 6 unspecified atom stereocenters. The van der Waals surface area contributed by atoms with E-state index in [1.54, 1.807) is 0 Å². The monoisotopic (exact) mass is 1210 g/mol. The number of amides is 2. The average Bonchev–Trinajstić information content (AvgIpc) is 3.33. The molecule has 512 valence electrons. The molecule has 0 radical (unpaired) electrons. The highest BCUT2D eigenvalue weighted by atomic mass is 16.3. The predicted molar refractivity (Wildman–Crippen MR) is 378 cm³/mol. The van der Waals surface area contributed by atoms with E-state index < -0.39 is 24.3 Å². The first kappa shape index (κ1) is 82.8. The van der Waals surface area contributed by atoms with Crippen molar-refractivity contribution in [2.75, 3.05) is 39.3 Å². The number of hydrogen-bond donors (Lipinski definition) is 4. The Morgan fingerprint density at radius 3 is 0.744 bits per heavy atom. The zero-order valence-electron chi connectivity index (χ0n) is 59.3. The van der Waals surface area contributed by atoms with Gasteiger partial charge in [0.25, 0.3) is 0 Å². The number of carbonyl (C=O) groups is 2. The lowest BCUT2D eigenvalue weighted by molar-refractivity contribution is -0.137. The summed E-state index contributed by atoms with van der Waals surface area (Å²) in [5, 5.41) is 28.8. The average molecular weight is 1210 g/mol. The van der Waals surface area contributed by atoms with Gasteiger partial charge in [0.15, 0.2) is 0 Å². The highest BCUT2D eigenvalue weighted by molar-refractivity contribution is 5.96. The van der Waals surface area contributed by atoms with E-state index in [2.05, 4.69) is 62.0 Å². The van der Waals surface area contributed by atoms with Crippen LogP contribution in [0.25, 0.3) is 0 Å². The van der Waals surface area contributed by atoms with Crippen molar-refractivity contribution in [3.8, 4) is 0 Å². The second-order valence-corrected chi connectivity index (χ2v) is 28.9. The van der Waals surface area contributed by atoms with Gasteiger partial charge in [-0.2, -0.15) is 0 Å². The number of carbonyl (C=O) groups excluding carboxylic acids is 2. The summed E-state index contributed by atoms with van der Waals surface area (Å²) in [4.78, 5) is 32.1. The van der Waals surface area contributed by atoms with Crippen molar-refractivity contribution in [3.63, 3.8) is 0 Å².